The summed E-state index contributed by atoms with van der Waals surface area (Å²) in [5.41, 5.74) is 9.63. The van der Waals surface area contributed by atoms with Crippen molar-refractivity contribution in [3.8, 4) is 11.8 Å². The summed E-state index contributed by atoms with van der Waals surface area (Å²) in [7, 11) is -1.02. The average Bonchev–Trinajstić information content (AvgIpc) is 2.53. The molecule has 0 aliphatic heterocycles. The van der Waals surface area contributed by atoms with E-state index in [0.717, 1.165) is 6.42 Å². The van der Waals surface area contributed by atoms with Gasteiger partial charge in [0.05, 0.1) is 21.3 Å². The van der Waals surface area contributed by atoms with E-state index in [4.69, 9.17) is 10.5 Å². The summed E-state index contributed by atoms with van der Waals surface area (Å²) in [6, 6.07) is 10.2. The number of ether oxygens (including phenoxy) is 1. The zero-order valence-corrected chi connectivity index (χ0v) is 16.6. The molecule has 0 unspecified atom stereocenters. The summed E-state index contributed by atoms with van der Waals surface area (Å²) in [6.45, 7) is 8.27. The van der Waals surface area contributed by atoms with Gasteiger partial charge < -0.3 is 10.5 Å². The lowest BCUT2D eigenvalue weighted by atomic mass is 10.2. The van der Waals surface area contributed by atoms with Gasteiger partial charge in [-0.05, 0) is 24.8 Å². The van der Waals surface area contributed by atoms with E-state index >= 15 is 0 Å². The molecule has 0 spiro atoms. The molecule has 24 heavy (non-hydrogen) atoms. The van der Waals surface area contributed by atoms with E-state index < -0.39 is 8.07 Å². The first kappa shape index (κ1) is 20.7. The zero-order valence-electron chi connectivity index (χ0n) is 15.6. The second-order valence-corrected chi connectivity index (χ2v) is 12.4. The summed E-state index contributed by atoms with van der Waals surface area (Å²) in [4.78, 5) is 0. The molecule has 1 rings (SSSR count). The number of hydrogen-bond acceptors (Lipinski definition) is 2. The van der Waals surface area contributed by atoms with Crippen LogP contribution in [0.4, 0.5) is 0 Å². The van der Waals surface area contributed by atoms with Crippen molar-refractivity contribution in [2.45, 2.75) is 64.4 Å². The van der Waals surface area contributed by atoms with Crippen LogP contribution in [0.3, 0.4) is 0 Å². The number of benzene rings is 1. The molecule has 1 aromatic rings. The van der Waals surface area contributed by atoms with Gasteiger partial charge in [0.1, 0.15) is 0 Å². The highest BCUT2D eigenvalue weighted by Gasteiger charge is 2.05. The third-order valence-electron chi connectivity index (χ3n) is 3.47. The predicted molar refractivity (Wildman–Crippen MR) is 107 cm³/mol. The maximum atomic E-state index is 6.03. The van der Waals surface area contributed by atoms with E-state index in [1.165, 1.54) is 24.8 Å². The van der Waals surface area contributed by atoms with E-state index in [9.17, 15) is 0 Å². The molecule has 3 heteroatoms. The van der Waals surface area contributed by atoms with E-state index in [1.54, 1.807) is 0 Å². The summed E-state index contributed by atoms with van der Waals surface area (Å²) in [6.07, 6.45) is 7.60. The highest BCUT2D eigenvalue weighted by Crippen LogP contribution is 2.06. The Kier molecular flexibility index (Phi) is 10.4. The Bertz CT molecular complexity index is 522. The quantitative estimate of drug-likeness (QED) is 0.372. The Balaban J connectivity index is 2.01. The molecule has 0 aliphatic carbocycles. The molecule has 0 amide bonds. The molecule has 2 nitrogen and oxygen atoms in total. The van der Waals surface area contributed by atoms with Gasteiger partial charge in [-0.2, -0.15) is 0 Å². The highest BCUT2D eigenvalue weighted by molar-refractivity contribution is 6.80. The van der Waals surface area contributed by atoms with Crippen LogP contribution in [0.25, 0.3) is 0 Å². The van der Waals surface area contributed by atoms with E-state index in [-0.39, 0.29) is 6.04 Å². The second-order valence-electron chi connectivity index (χ2n) is 7.33. The lowest BCUT2D eigenvalue weighted by molar-refractivity contribution is 0.109. The number of rotatable bonds is 10. The van der Waals surface area contributed by atoms with E-state index in [2.05, 4.69) is 55.4 Å². The number of allylic oxidation sites excluding steroid dienone is 1. The molecule has 0 fully saturated rings. The Morgan fingerprint density at radius 3 is 2.58 bits per heavy atom. The van der Waals surface area contributed by atoms with Crippen LogP contribution in [0.15, 0.2) is 42.1 Å². The van der Waals surface area contributed by atoms with E-state index in [0.29, 0.717) is 19.6 Å². The average molecular weight is 344 g/mol. The lowest BCUT2D eigenvalue weighted by Gasteiger charge is -2.09. The summed E-state index contributed by atoms with van der Waals surface area (Å²) in [5, 5.41) is 0. The molecule has 2 N–H and O–H groups in total. The Labute approximate surface area is 149 Å². The molecule has 0 radical (unpaired) electrons. The van der Waals surface area contributed by atoms with Gasteiger partial charge in [-0.1, -0.05) is 61.7 Å². The van der Waals surface area contributed by atoms with Crippen LogP contribution in [0.2, 0.25) is 19.6 Å². The van der Waals surface area contributed by atoms with Crippen molar-refractivity contribution < 1.29 is 4.74 Å². The number of hydrogen-bond donors (Lipinski definition) is 1. The normalized spacial score (nSPS) is 12.8. The fraction of sp³-hybridized carbons (Fsp3) is 0.524. The summed E-state index contributed by atoms with van der Waals surface area (Å²) < 4.78 is 5.63. The van der Waals surface area contributed by atoms with Crippen molar-refractivity contribution in [1.29, 1.82) is 0 Å². The maximum absolute atomic E-state index is 6.03. The SMILES string of the molecule is C[Si](C)(C)/C=C\CCCCC#CC[C@H](N)COCc1ccccc1. The molecule has 0 bridgehead atoms. The van der Waals surface area contributed by atoms with Gasteiger partial charge in [0.15, 0.2) is 0 Å². The van der Waals surface area contributed by atoms with Crippen LogP contribution >= 0.6 is 0 Å². The number of nitrogens with two attached hydrogens (primary N) is 1. The van der Waals surface area contributed by atoms with Gasteiger partial charge in [-0.25, -0.2) is 0 Å². The maximum Gasteiger partial charge on any atom is 0.0717 e. The van der Waals surface area contributed by atoms with Crippen LogP contribution in [-0.2, 0) is 11.3 Å². The van der Waals surface area contributed by atoms with Crippen molar-refractivity contribution in [1.82, 2.24) is 0 Å². The molecule has 0 aliphatic rings. The molecule has 1 aromatic carbocycles. The smallest absolute Gasteiger partial charge is 0.0717 e. The van der Waals surface area contributed by atoms with Crippen molar-refractivity contribution >= 4 is 8.07 Å². The summed E-state index contributed by atoms with van der Waals surface area (Å²) in [5.74, 6) is 6.41. The van der Waals surface area contributed by atoms with Crippen LogP contribution in [0.5, 0.6) is 0 Å². The molecule has 1 atom stereocenters. The largest absolute Gasteiger partial charge is 0.375 e. The molecule has 0 saturated heterocycles. The van der Waals surface area contributed by atoms with Gasteiger partial charge >= 0.3 is 0 Å². The topological polar surface area (TPSA) is 35.2 Å². The fourth-order valence-corrected chi connectivity index (χ4v) is 3.04. The summed E-state index contributed by atoms with van der Waals surface area (Å²) >= 11 is 0. The molecule has 0 aromatic heterocycles. The fourth-order valence-electron chi connectivity index (χ4n) is 2.17. The minimum absolute atomic E-state index is 0.000824. The van der Waals surface area contributed by atoms with Gasteiger partial charge in [0, 0.05) is 18.9 Å². The minimum Gasteiger partial charge on any atom is -0.375 e. The van der Waals surface area contributed by atoms with Crippen molar-refractivity contribution in [3.63, 3.8) is 0 Å². The first-order valence-electron chi connectivity index (χ1n) is 8.98. The van der Waals surface area contributed by atoms with E-state index in [1.807, 2.05) is 18.2 Å². The van der Waals surface area contributed by atoms with Gasteiger partial charge in [-0.15, -0.1) is 11.8 Å². The Hall–Kier alpha value is -1.34. The second kappa shape index (κ2) is 12.1. The van der Waals surface area contributed by atoms with Crippen LogP contribution < -0.4 is 5.73 Å². The number of unbranched alkanes of at least 4 members (excludes halogenated alkanes) is 3. The van der Waals surface area contributed by atoms with Crippen molar-refractivity contribution in [2.24, 2.45) is 5.73 Å². The third-order valence-corrected chi connectivity index (χ3v) is 4.71. The first-order chi connectivity index (χ1) is 11.5. The van der Waals surface area contributed by atoms with Gasteiger partial charge in [-0.3, -0.25) is 0 Å². The first-order valence-corrected chi connectivity index (χ1v) is 12.6. The lowest BCUT2D eigenvalue weighted by Crippen LogP contribution is -2.25. The van der Waals surface area contributed by atoms with Gasteiger partial charge in [0.25, 0.3) is 0 Å². The van der Waals surface area contributed by atoms with Crippen LogP contribution in [-0.4, -0.2) is 20.7 Å². The van der Waals surface area contributed by atoms with Crippen molar-refractivity contribution in [2.75, 3.05) is 6.61 Å². The molecular formula is C21H33NOSi. The highest BCUT2D eigenvalue weighted by atomic mass is 28.3. The van der Waals surface area contributed by atoms with Crippen molar-refractivity contribution in [3.05, 3.63) is 47.7 Å². The Morgan fingerprint density at radius 1 is 1.12 bits per heavy atom. The molecular weight excluding hydrogens is 310 g/mol. The van der Waals surface area contributed by atoms with Crippen LogP contribution in [0.1, 0.15) is 37.7 Å². The molecule has 132 valence electrons. The van der Waals surface area contributed by atoms with Crippen LogP contribution in [0, 0.1) is 11.8 Å². The van der Waals surface area contributed by atoms with Gasteiger partial charge in [0.2, 0.25) is 0 Å². The minimum atomic E-state index is -1.02. The Morgan fingerprint density at radius 2 is 1.88 bits per heavy atom. The third kappa shape index (κ3) is 12.1. The molecule has 0 saturated carbocycles. The molecule has 0 heterocycles. The monoisotopic (exact) mass is 343 g/mol. The predicted octanol–water partition coefficient (Wildman–Crippen LogP) is 4.92. The zero-order chi connectivity index (χ0) is 17.7. The standard InChI is InChI=1S/C21H33NOSi/c1-24(2,3)17-13-8-6-4-5-7-12-16-21(22)19-23-18-20-14-10-9-11-15-20/h9-11,13-15,17,21H,4-6,8,16,18-19,22H2,1-3H3/b17-13-/t21-/m0/s1.